The summed E-state index contributed by atoms with van der Waals surface area (Å²) in [7, 11) is 0. The first kappa shape index (κ1) is 7.33. The predicted molar refractivity (Wildman–Crippen MR) is 54.5 cm³/mol. The molecule has 0 N–H and O–H groups in total. The molecular formula is C10H8N2S. The van der Waals surface area contributed by atoms with Crippen LogP contribution in [-0.4, -0.2) is 9.97 Å². The number of hydrogen-bond donors (Lipinski definition) is 0. The number of rotatable bonds is 0. The van der Waals surface area contributed by atoms with E-state index in [0.717, 1.165) is 22.5 Å². The van der Waals surface area contributed by atoms with Crippen molar-refractivity contribution in [2.75, 3.05) is 0 Å². The molecule has 2 nitrogen and oxygen atoms in total. The molecule has 0 aliphatic carbocycles. The van der Waals surface area contributed by atoms with Gasteiger partial charge in [0.1, 0.15) is 0 Å². The van der Waals surface area contributed by atoms with Gasteiger partial charge in [0.05, 0.1) is 11.0 Å². The Hall–Kier alpha value is -1.09. The van der Waals surface area contributed by atoms with E-state index >= 15 is 0 Å². The summed E-state index contributed by atoms with van der Waals surface area (Å²) < 4.78 is 0. The second kappa shape index (κ2) is 2.70. The highest BCUT2D eigenvalue weighted by atomic mass is 32.2. The average Bonchev–Trinajstić information content (AvgIpc) is 2.61. The molecule has 1 aliphatic rings. The third kappa shape index (κ3) is 1.11. The Morgan fingerprint density at radius 2 is 1.46 bits per heavy atom. The van der Waals surface area contributed by atoms with Crippen LogP contribution in [0.15, 0.2) is 24.5 Å². The molecule has 0 unspecified atom stereocenters. The Morgan fingerprint density at radius 1 is 0.923 bits per heavy atom. The first-order valence-corrected chi connectivity index (χ1v) is 5.39. The molecule has 0 saturated carbocycles. The van der Waals surface area contributed by atoms with Crippen molar-refractivity contribution in [2.24, 2.45) is 0 Å². The quantitative estimate of drug-likeness (QED) is 0.634. The van der Waals surface area contributed by atoms with Gasteiger partial charge >= 0.3 is 0 Å². The molecule has 1 aromatic heterocycles. The standard InChI is InChI=1S/C10H8N2S/c1-2-12-10-4-8-6-13-5-7(8)3-9(10)11-1/h1-4H,5-6H2. The summed E-state index contributed by atoms with van der Waals surface area (Å²) in [6, 6.07) is 4.33. The zero-order valence-corrected chi connectivity index (χ0v) is 7.84. The normalized spacial score (nSPS) is 14.8. The summed E-state index contributed by atoms with van der Waals surface area (Å²) in [5.74, 6) is 2.25. The number of hydrogen-bond acceptors (Lipinski definition) is 3. The number of fused-ring (bicyclic) bond motifs is 2. The molecule has 64 valence electrons. The van der Waals surface area contributed by atoms with Crippen molar-refractivity contribution in [2.45, 2.75) is 11.5 Å². The minimum Gasteiger partial charge on any atom is -0.253 e. The predicted octanol–water partition coefficient (Wildman–Crippen LogP) is 2.38. The van der Waals surface area contributed by atoms with Gasteiger partial charge in [-0.25, -0.2) is 0 Å². The van der Waals surface area contributed by atoms with E-state index in [1.807, 2.05) is 11.8 Å². The molecule has 0 fully saturated rings. The first-order valence-electron chi connectivity index (χ1n) is 4.24. The SMILES string of the molecule is c1cnc2cc3c(cc2n1)CSC3. The van der Waals surface area contributed by atoms with Crippen LogP contribution >= 0.6 is 11.8 Å². The molecule has 2 aromatic rings. The molecule has 0 bridgehead atoms. The number of benzene rings is 1. The largest absolute Gasteiger partial charge is 0.253 e. The lowest BCUT2D eigenvalue weighted by atomic mass is 10.1. The van der Waals surface area contributed by atoms with Gasteiger partial charge < -0.3 is 0 Å². The number of aromatic nitrogens is 2. The monoisotopic (exact) mass is 188 g/mol. The Kier molecular flexibility index (Phi) is 1.52. The third-order valence-electron chi connectivity index (χ3n) is 2.31. The topological polar surface area (TPSA) is 25.8 Å². The Bertz CT molecular complexity index is 425. The van der Waals surface area contributed by atoms with Crippen molar-refractivity contribution in [3.8, 4) is 0 Å². The molecule has 0 atom stereocenters. The van der Waals surface area contributed by atoms with Gasteiger partial charge in [0, 0.05) is 23.9 Å². The number of nitrogens with zero attached hydrogens (tertiary/aromatic N) is 2. The molecule has 0 radical (unpaired) electrons. The molecule has 3 heteroatoms. The Balaban J connectivity index is 2.36. The fourth-order valence-corrected chi connectivity index (χ4v) is 2.72. The van der Waals surface area contributed by atoms with Crippen molar-refractivity contribution in [1.29, 1.82) is 0 Å². The van der Waals surface area contributed by atoms with E-state index < -0.39 is 0 Å². The van der Waals surface area contributed by atoms with E-state index in [4.69, 9.17) is 0 Å². The number of thioether (sulfide) groups is 1. The fourth-order valence-electron chi connectivity index (χ4n) is 1.64. The smallest absolute Gasteiger partial charge is 0.0890 e. The van der Waals surface area contributed by atoms with Gasteiger partial charge in [-0.05, 0) is 23.3 Å². The van der Waals surface area contributed by atoms with Crippen LogP contribution in [0.4, 0.5) is 0 Å². The summed E-state index contributed by atoms with van der Waals surface area (Å²) in [5.41, 5.74) is 4.89. The lowest BCUT2D eigenvalue weighted by Gasteiger charge is -1.99. The van der Waals surface area contributed by atoms with Gasteiger partial charge in [-0.1, -0.05) is 0 Å². The molecule has 13 heavy (non-hydrogen) atoms. The molecule has 1 aromatic carbocycles. The van der Waals surface area contributed by atoms with Crippen LogP contribution in [0.3, 0.4) is 0 Å². The van der Waals surface area contributed by atoms with E-state index in [1.165, 1.54) is 11.1 Å². The van der Waals surface area contributed by atoms with Crippen LogP contribution in [0.1, 0.15) is 11.1 Å². The van der Waals surface area contributed by atoms with E-state index in [1.54, 1.807) is 12.4 Å². The summed E-state index contributed by atoms with van der Waals surface area (Å²) in [6.45, 7) is 0. The van der Waals surface area contributed by atoms with Gasteiger partial charge in [-0.3, -0.25) is 9.97 Å². The summed E-state index contributed by atoms with van der Waals surface area (Å²) in [5, 5.41) is 0. The second-order valence-electron chi connectivity index (χ2n) is 3.16. The van der Waals surface area contributed by atoms with Gasteiger partial charge in [0.25, 0.3) is 0 Å². The second-order valence-corrected chi connectivity index (χ2v) is 4.14. The molecule has 0 amide bonds. The highest BCUT2D eigenvalue weighted by molar-refractivity contribution is 7.98. The molecule has 0 saturated heterocycles. The van der Waals surface area contributed by atoms with Crippen molar-refractivity contribution >= 4 is 22.8 Å². The highest BCUT2D eigenvalue weighted by Gasteiger charge is 2.12. The van der Waals surface area contributed by atoms with E-state index in [9.17, 15) is 0 Å². The van der Waals surface area contributed by atoms with Crippen LogP contribution < -0.4 is 0 Å². The van der Waals surface area contributed by atoms with Crippen LogP contribution in [0.2, 0.25) is 0 Å². The zero-order chi connectivity index (χ0) is 8.67. The van der Waals surface area contributed by atoms with Crippen molar-refractivity contribution < 1.29 is 0 Å². The molecular weight excluding hydrogens is 180 g/mol. The lowest BCUT2D eigenvalue weighted by molar-refractivity contribution is 1.26. The van der Waals surface area contributed by atoms with Gasteiger partial charge in [-0.15, -0.1) is 0 Å². The maximum Gasteiger partial charge on any atom is 0.0890 e. The van der Waals surface area contributed by atoms with Crippen LogP contribution in [0.5, 0.6) is 0 Å². The van der Waals surface area contributed by atoms with E-state index in [2.05, 4.69) is 22.1 Å². The molecule has 0 spiro atoms. The minimum absolute atomic E-state index is 1.02. The van der Waals surface area contributed by atoms with Crippen molar-refractivity contribution in [3.63, 3.8) is 0 Å². The van der Waals surface area contributed by atoms with Crippen molar-refractivity contribution in [1.82, 2.24) is 9.97 Å². The molecule has 1 aliphatic heterocycles. The van der Waals surface area contributed by atoms with Crippen molar-refractivity contribution in [3.05, 3.63) is 35.7 Å². The van der Waals surface area contributed by atoms with E-state index in [-0.39, 0.29) is 0 Å². The zero-order valence-electron chi connectivity index (χ0n) is 7.03. The molecule has 3 rings (SSSR count). The lowest BCUT2D eigenvalue weighted by Crippen LogP contribution is -1.87. The Labute approximate surface area is 80.4 Å². The fraction of sp³-hybridized carbons (Fsp3) is 0.200. The van der Waals surface area contributed by atoms with Gasteiger partial charge in [-0.2, -0.15) is 11.8 Å². The maximum absolute atomic E-state index is 4.29. The summed E-state index contributed by atoms with van der Waals surface area (Å²) in [4.78, 5) is 8.57. The third-order valence-corrected chi connectivity index (χ3v) is 3.34. The average molecular weight is 188 g/mol. The summed E-state index contributed by atoms with van der Waals surface area (Å²) in [6.07, 6.45) is 3.49. The van der Waals surface area contributed by atoms with Gasteiger partial charge in [0.2, 0.25) is 0 Å². The molecule has 2 heterocycles. The van der Waals surface area contributed by atoms with Crippen LogP contribution in [0, 0.1) is 0 Å². The Morgan fingerprint density at radius 3 is 2.00 bits per heavy atom. The van der Waals surface area contributed by atoms with Crippen LogP contribution in [-0.2, 0) is 11.5 Å². The summed E-state index contributed by atoms with van der Waals surface area (Å²) >= 11 is 1.96. The minimum atomic E-state index is 1.02. The first-order chi connectivity index (χ1) is 6.43. The van der Waals surface area contributed by atoms with Crippen LogP contribution in [0.25, 0.3) is 11.0 Å². The highest BCUT2D eigenvalue weighted by Crippen LogP contribution is 2.31. The van der Waals surface area contributed by atoms with E-state index in [0.29, 0.717) is 0 Å². The maximum atomic E-state index is 4.29. The van der Waals surface area contributed by atoms with Gasteiger partial charge in [0.15, 0.2) is 0 Å².